The maximum atomic E-state index is 11.7. The van der Waals surface area contributed by atoms with Crippen molar-refractivity contribution in [2.45, 2.75) is 24.2 Å². The third kappa shape index (κ3) is 2.93. The lowest BCUT2D eigenvalue weighted by molar-refractivity contribution is -0.121. The van der Waals surface area contributed by atoms with Gasteiger partial charge in [0.05, 0.1) is 17.5 Å². The summed E-state index contributed by atoms with van der Waals surface area (Å²) >= 11 is 9.22. The SMILES string of the molecule is CC(Br)C(=O)NC1CCOc2ccc(Cl)cc21. The van der Waals surface area contributed by atoms with Crippen molar-refractivity contribution in [1.82, 2.24) is 5.32 Å². The summed E-state index contributed by atoms with van der Waals surface area (Å²) in [4.78, 5) is 11.5. The van der Waals surface area contributed by atoms with Gasteiger partial charge in [-0.25, -0.2) is 0 Å². The molecule has 0 spiro atoms. The highest BCUT2D eigenvalue weighted by molar-refractivity contribution is 9.10. The first-order valence-corrected chi connectivity index (χ1v) is 6.74. The maximum Gasteiger partial charge on any atom is 0.233 e. The van der Waals surface area contributed by atoms with E-state index in [1.165, 1.54) is 0 Å². The molecule has 1 aromatic carbocycles. The molecule has 1 aromatic rings. The molecule has 3 nitrogen and oxygen atoms in total. The molecule has 2 atom stereocenters. The van der Waals surface area contributed by atoms with E-state index in [1.54, 1.807) is 13.0 Å². The second kappa shape index (κ2) is 5.27. The molecular formula is C12H13BrClNO2. The Morgan fingerprint density at radius 2 is 2.41 bits per heavy atom. The van der Waals surface area contributed by atoms with Gasteiger partial charge in [-0.3, -0.25) is 4.79 Å². The first kappa shape index (κ1) is 12.7. The van der Waals surface area contributed by atoms with Crippen LogP contribution in [-0.2, 0) is 4.79 Å². The molecule has 0 saturated heterocycles. The predicted molar refractivity (Wildman–Crippen MR) is 70.8 cm³/mol. The van der Waals surface area contributed by atoms with Crippen LogP contribution >= 0.6 is 27.5 Å². The van der Waals surface area contributed by atoms with E-state index in [4.69, 9.17) is 16.3 Å². The van der Waals surface area contributed by atoms with Crippen LogP contribution in [0.2, 0.25) is 5.02 Å². The van der Waals surface area contributed by atoms with E-state index < -0.39 is 0 Å². The molecule has 1 heterocycles. The second-order valence-corrected chi connectivity index (χ2v) is 5.81. The van der Waals surface area contributed by atoms with Gasteiger partial charge in [-0.15, -0.1) is 0 Å². The number of amides is 1. The summed E-state index contributed by atoms with van der Waals surface area (Å²) < 4.78 is 5.53. The van der Waals surface area contributed by atoms with Crippen LogP contribution < -0.4 is 10.1 Å². The van der Waals surface area contributed by atoms with E-state index in [1.807, 2.05) is 12.1 Å². The molecule has 1 amide bonds. The van der Waals surface area contributed by atoms with Gasteiger partial charge in [0.2, 0.25) is 5.91 Å². The number of hydrogen-bond acceptors (Lipinski definition) is 2. The van der Waals surface area contributed by atoms with Crippen molar-refractivity contribution in [3.8, 4) is 5.75 Å². The normalized spacial score (nSPS) is 20.1. The van der Waals surface area contributed by atoms with Crippen molar-refractivity contribution in [2.75, 3.05) is 6.61 Å². The molecule has 0 saturated carbocycles. The number of carbonyl (C=O) groups excluding carboxylic acids is 1. The zero-order chi connectivity index (χ0) is 12.4. The Morgan fingerprint density at radius 1 is 1.65 bits per heavy atom. The van der Waals surface area contributed by atoms with Gasteiger partial charge in [0, 0.05) is 17.0 Å². The van der Waals surface area contributed by atoms with E-state index >= 15 is 0 Å². The Balaban J connectivity index is 2.22. The van der Waals surface area contributed by atoms with Crippen LogP contribution in [0.5, 0.6) is 5.75 Å². The fraction of sp³-hybridized carbons (Fsp3) is 0.417. The van der Waals surface area contributed by atoms with Gasteiger partial charge in [-0.05, 0) is 25.1 Å². The number of halogens is 2. The Labute approximate surface area is 114 Å². The summed E-state index contributed by atoms with van der Waals surface area (Å²) in [6.45, 7) is 2.41. The predicted octanol–water partition coefficient (Wildman–Crippen LogP) is 3.06. The van der Waals surface area contributed by atoms with Gasteiger partial charge in [0.25, 0.3) is 0 Å². The molecule has 2 unspecified atom stereocenters. The Hall–Kier alpha value is -0.740. The molecule has 0 bridgehead atoms. The molecule has 1 aliphatic rings. The lowest BCUT2D eigenvalue weighted by atomic mass is 10.0. The quantitative estimate of drug-likeness (QED) is 0.851. The van der Waals surface area contributed by atoms with Crippen LogP contribution in [-0.4, -0.2) is 17.3 Å². The van der Waals surface area contributed by atoms with E-state index in [9.17, 15) is 4.79 Å². The third-order valence-electron chi connectivity index (χ3n) is 2.69. The molecule has 0 radical (unpaired) electrons. The zero-order valence-electron chi connectivity index (χ0n) is 9.37. The highest BCUT2D eigenvalue weighted by Crippen LogP contribution is 2.34. The molecular weight excluding hydrogens is 305 g/mol. The lowest BCUT2D eigenvalue weighted by Gasteiger charge is -2.27. The molecule has 0 aromatic heterocycles. The number of carbonyl (C=O) groups is 1. The number of hydrogen-bond donors (Lipinski definition) is 1. The minimum Gasteiger partial charge on any atom is -0.493 e. The van der Waals surface area contributed by atoms with Gasteiger partial charge in [0.1, 0.15) is 5.75 Å². The summed E-state index contributed by atoms with van der Waals surface area (Å²) in [6, 6.07) is 5.45. The maximum absolute atomic E-state index is 11.7. The smallest absolute Gasteiger partial charge is 0.233 e. The van der Waals surface area contributed by atoms with Crippen LogP contribution in [0.3, 0.4) is 0 Å². The fourth-order valence-electron chi connectivity index (χ4n) is 1.80. The van der Waals surface area contributed by atoms with E-state index in [-0.39, 0.29) is 16.8 Å². The molecule has 1 aliphatic heterocycles. The highest BCUT2D eigenvalue weighted by atomic mass is 79.9. The molecule has 0 aliphatic carbocycles. The topological polar surface area (TPSA) is 38.3 Å². The van der Waals surface area contributed by atoms with Gasteiger partial charge in [-0.2, -0.15) is 0 Å². The number of rotatable bonds is 2. The van der Waals surface area contributed by atoms with Crippen LogP contribution in [0.25, 0.3) is 0 Å². The van der Waals surface area contributed by atoms with Gasteiger partial charge in [-0.1, -0.05) is 27.5 Å². The van der Waals surface area contributed by atoms with Gasteiger partial charge in [0.15, 0.2) is 0 Å². The summed E-state index contributed by atoms with van der Waals surface area (Å²) in [5.74, 6) is 0.774. The largest absolute Gasteiger partial charge is 0.493 e. The number of alkyl halides is 1. The third-order valence-corrected chi connectivity index (χ3v) is 3.34. The number of benzene rings is 1. The molecule has 1 N–H and O–H groups in total. The molecule has 92 valence electrons. The average molecular weight is 319 g/mol. The Morgan fingerprint density at radius 3 is 3.12 bits per heavy atom. The van der Waals surface area contributed by atoms with Crippen molar-refractivity contribution < 1.29 is 9.53 Å². The summed E-state index contributed by atoms with van der Waals surface area (Å²) in [6.07, 6.45) is 0.763. The highest BCUT2D eigenvalue weighted by Gasteiger charge is 2.24. The summed E-state index contributed by atoms with van der Waals surface area (Å²) in [5, 5.41) is 3.63. The minimum atomic E-state index is -0.201. The second-order valence-electron chi connectivity index (χ2n) is 4.00. The zero-order valence-corrected chi connectivity index (χ0v) is 11.7. The molecule has 0 fully saturated rings. The summed E-state index contributed by atoms with van der Waals surface area (Å²) in [5.41, 5.74) is 0.949. The van der Waals surface area contributed by atoms with Crippen molar-refractivity contribution in [3.63, 3.8) is 0 Å². The van der Waals surface area contributed by atoms with E-state index in [2.05, 4.69) is 21.2 Å². The van der Waals surface area contributed by atoms with Crippen LogP contribution in [0.4, 0.5) is 0 Å². The molecule has 17 heavy (non-hydrogen) atoms. The van der Waals surface area contributed by atoms with E-state index in [0.717, 1.165) is 17.7 Å². The van der Waals surface area contributed by atoms with Crippen LogP contribution in [0.1, 0.15) is 24.9 Å². The standard InChI is InChI=1S/C12H13BrClNO2/c1-7(13)12(16)15-10-4-5-17-11-3-2-8(14)6-9(10)11/h2-3,6-7,10H,4-5H2,1H3,(H,15,16). The van der Waals surface area contributed by atoms with E-state index in [0.29, 0.717) is 11.6 Å². The van der Waals surface area contributed by atoms with Crippen molar-refractivity contribution >= 4 is 33.4 Å². The Kier molecular flexibility index (Phi) is 3.94. The number of fused-ring (bicyclic) bond motifs is 1. The molecule has 5 heteroatoms. The molecule has 2 rings (SSSR count). The number of ether oxygens (including phenoxy) is 1. The van der Waals surface area contributed by atoms with Crippen LogP contribution in [0, 0.1) is 0 Å². The average Bonchev–Trinajstić information content (AvgIpc) is 2.29. The van der Waals surface area contributed by atoms with Crippen molar-refractivity contribution in [2.24, 2.45) is 0 Å². The van der Waals surface area contributed by atoms with Crippen LogP contribution in [0.15, 0.2) is 18.2 Å². The fourth-order valence-corrected chi connectivity index (χ4v) is 2.11. The Bertz CT molecular complexity index is 437. The van der Waals surface area contributed by atoms with Crippen molar-refractivity contribution in [1.29, 1.82) is 0 Å². The monoisotopic (exact) mass is 317 g/mol. The first-order chi connectivity index (χ1) is 8.08. The van der Waals surface area contributed by atoms with Gasteiger partial charge < -0.3 is 10.1 Å². The summed E-state index contributed by atoms with van der Waals surface area (Å²) in [7, 11) is 0. The van der Waals surface area contributed by atoms with Gasteiger partial charge >= 0.3 is 0 Å². The first-order valence-electron chi connectivity index (χ1n) is 5.44. The number of nitrogens with one attached hydrogen (secondary N) is 1. The van der Waals surface area contributed by atoms with Crippen molar-refractivity contribution in [3.05, 3.63) is 28.8 Å². The lowest BCUT2D eigenvalue weighted by Crippen LogP contribution is -2.35. The minimum absolute atomic E-state index is 0.0232.